The number of fused-ring (bicyclic) bond motifs is 1. The highest BCUT2D eigenvalue weighted by Crippen LogP contribution is 2.29. The zero-order valence-electron chi connectivity index (χ0n) is 14.9. The van der Waals surface area contributed by atoms with Crippen LogP contribution >= 0.6 is 11.3 Å². The van der Waals surface area contributed by atoms with Gasteiger partial charge in [0.05, 0.1) is 16.6 Å². The zero-order valence-corrected chi connectivity index (χ0v) is 15.8. The summed E-state index contributed by atoms with van der Waals surface area (Å²) in [5, 5.41) is 8.46. The predicted octanol–water partition coefficient (Wildman–Crippen LogP) is 4.60. The Morgan fingerprint density at radius 2 is 1.78 bits per heavy atom. The number of thiophene rings is 1. The molecule has 0 aliphatic carbocycles. The molecule has 0 aliphatic rings. The number of carbonyl (C=O) groups is 1. The molecule has 1 N–H and O–H groups in total. The van der Waals surface area contributed by atoms with Gasteiger partial charge in [-0.05, 0) is 36.2 Å². The van der Waals surface area contributed by atoms with Crippen LogP contribution in [0.5, 0.6) is 0 Å². The van der Waals surface area contributed by atoms with E-state index in [-0.39, 0.29) is 17.8 Å². The van der Waals surface area contributed by atoms with Crippen LogP contribution in [-0.2, 0) is 7.05 Å². The zero-order chi connectivity index (χ0) is 19.0. The Bertz CT molecular complexity index is 1070. The molecule has 0 aliphatic heterocycles. The Morgan fingerprint density at radius 3 is 2.44 bits per heavy atom. The molecule has 27 heavy (non-hydrogen) atoms. The molecule has 0 bridgehead atoms. The molecule has 4 aromatic rings. The minimum Gasteiger partial charge on any atom is -0.340 e. The number of aromatic nitrogens is 2. The van der Waals surface area contributed by atoms with Crippen molar-refractivity contribution in [3.63, 3.8) is 0 Å². The summed E-state index contributed by atoms with van der Waals surface area (Å²) in [5.41, 5.74) is 2.67. The number of amides is 1. The van der Waals surface area contributed by atoms with Gasteiger partial charge in [-0.15, -0.1) is 11.3 Å². The molecule has 2 heterocycles. The lowest BCUT2D eigenvalue weighted by Crippen LogP contribution is -2.28. The summed E-state index contributed by atoms with van der Waals surface area (Å²) in [6.45, 7) is 1.93. The first-order chi connectivity index (χ1) is 13.0. The van der Waals surface area contributed by atoms with Crippen LogP contribution in [0, 0.1) is 12.7 Å². The second-order valence-corrected chi connectivity index (χ2v) is 7.44. The first kappa shape index (κ1) is 17.4. The van der Waals surface area contributed by atoms with Gasteiger partial charge in [0.15, 0.2) is 0 Å². The predicted molar refractivity (Wildman–Crippen MR) is 105 cm³/mol. The molecule has 2 aromatic heterocycles. The molecule has 0 saturated carbocycles. The molecule has 6 heteroatoms. The van der Waals surface area contributed by atoms with E-state index in [1.165, 1.54) is 23.5 Å². The third-order valence-corrected chi connectivity index (χ3v) is 5.73. The maximum absolute atomic E-state index is 13.3. The van der Waals surface area contributed by atoms with E-state index < -0.39 is 0 Å². The molecule has 0 fully saturated rings. The van der Waals surface area contributed by atoms with Crippen LogP contribution in [0.3, 0.4) is 0 Å². The van der Waals surface area contributed by atoms with Gasteiger partial charge in [0.1, 0.15) is 10.6 Å². The van der Waals surface area contributed by atoms with Crippen molar-refractivity contribution >= 4 is 27.5 Å². The monoisotopic (exact) mass is 379 g/mol. The number of carbonyl (C=O) groups excluding carboxylic acids is 1. The van der Waals surface area contributed by atoms with Gasteiger partial charge in [-0.3, -0.25) is 9.48 Å². The summed E-state index contributed by atoms with van der Waals surface area (Å²) in [5.74, 6) is -0.460. The van der Waals surface area contributed by atoms with Gasteiger partial charge < -0.3 is 5.32 Å². The number of aryl methyl sites for hydroxylation is 2. The fourth-order valence-corrected chi connectivity index (χ4v) is 4.21. The lowest BCUT2D eigenvalue weighted by Gasteiger charge is -2.19. The maximum Gasteiger partial charge on any atom is 0.262 e. The number of rotatable bonds is 4. The number of nitrogens with one attached hydrogen (secondary N) is 1. The minimum absolute atomic E-state index is 0.159. The lowest BCUT2D eigenvalue weighted by atomic mass is 9.98. The molecule has 1 amide bonds. The van der Waals surface area contributed by atoms with E-state index >= 15 is 0 Å². The molecule has 1 atom stereocenters. The van der Waals surface area contributed by atoms with Crippen molar-refractivity contribution in [2.24, 2.45) is 7.05 Å². The Kier molecular flexibility index (Phi) is 4.49. The molecular formula is C21H18FN3OS. The Labute approximate surface area is 160 Å². The highest BCUT2D eigenvalue weighted by Gasteiger charge is 2.20. The van der Waals surface area contributed by atoms with Crippen molar-refractivity contribution in [1.29, 1.82) is 0 Å². The number of halogens is 1. The van der Waals surface area contributed by atoms with Crippen molar-refractivity contribution in [2.75, 3.05) is 0 Å². The molecule has 1 unspecified atom stereocenters. The van der Waals surface area contributed by atoms with E-state index in [0.717, 1.165) is 27.0 Å². The Hall–Kier alpha value is -2.99. The van der Waals surface area contributed by atoms with E-state index in [0.29, 0.717) is 4.88 Å². The number of benzene rings is 2. The quantitative estimate of drug-likeness (QED) is 0.563. The van der Waals surface area contributed by atoms with E-state index in [9.17, 15) is 9.18 Å². The molecule has 4 nitrogen and oxygen atoms in total. The van der Waals surface area contributed by atoms with Crippen molar-refractivity contribution in [2.45, 2.75) is 13.0 Å². The number of nitrogens with zero attached hydrogens (tertiary/aromatic N) is 2. The van der Waals surface area contributed by atoms with Crippen LogP contribution in [0.15, 0.2) is 60.7 Å². The van der Waals surface area contributed by atoms with Crippen molar-refractivity contribution < 1.29 is 9.18 Å². The lowest BCUT2D eigenvalue weighted by molar-refractivity contribution is 0.0947. The normalized spacial score (nSPS) is 12.3. The van der Waals surface area contributed by atoms with Crippen LogP contribution in [-0.4, -0.2) is 15.7 Å². The van der Waals surface area contributed by atoms with Gasteiger partial charge >= 0.3 is 0 Å². The summed E-state index contributed by atoms with van der Waals surface area (Å²) < 4.78 is 15.1. The fraction of sp³-hybridized carbons (Fsp3) is 0.143. The van der Waals surface area contributed by atoms with Gasteiger partial charge in [-0.2, -0.15) is 5.10 Å². The van der Waals surface area contributed by atoms with Crippen LogP contribution in [0.1, 0.15) is 32.5 Å². The van der Waals surface area contributed by atoms with E-state index in [4.69, 9.17) is 0 Å². The minimum atomic E-state index is -0.358. The average Bonchev–Trinajstić information content (AvgIpc) is 3.23. The highest BCUT2D eigenvalue weighted by molar-refractivity contribution is 7.20. The smallest absolute Gasteiger partial charge is 0.262 e. The first-order valence-electron chi connectivity index (χ1n) is 8.57. The van der Waals surface area contributed by atoms with Gasteiger partial charge in [-0.1, -0.05) is 42.5 Å². The maximum atomic E-state index is 13.3. The van der Waals surface area contributed by atoms with E-state index in [1.54, 1.807) is 16.8 Å². The van der Waals surface area contributed by atoms with Gasteiger partial charge in [0, 0.05) is 12.4 Å². The molecule has 0 radical (unpaired) electrons. The molecule has 4 rings (SSSR count). The third-order valence-electron chi connectivity index (χ3n) is 4.53. The second-order valence-electron chi connectivity index (χ2n) is 6.41. The summed E-state index contributed by atoms with van der Waals surface area (Å²) in [7, 11) is 1.87. The highest BCUT2D eigenvalue weighted by atomic mass is 32.1. The number of hydrogen-bond acceptors (Lipinski definition) is 3. The van der Waals surface area contributed by atoms with Crippen molar-refractivity contribution in [3.05, 3.63) is 88.2 Å². The van der Waals surface area contributed by atoms with Gasteiger partial charge in [0.25, 0.3) is 5.91 Å². The van der Waals surface area contributed by atoms with Crippen LogP contribution < -0.4 is 5.32 Å². The molecule has 0 spiro atoms. The Balaban J connectivity index is 1.68. The van der Waals surface area contributed by atoms with E-state index in [2.05, 4.69) is 10.4 Å². The topological polar surface area (TPSA) is 46.9 Å². The van der Waals surface area contributed by atoms with Crippen molar-refractivity contribution in [3.8, 4) is 0 Å². The van der Waals surface area contributed by atoms with Crippen molar-refractivity contribution in [1.82, 2.24) is 15.1 Å². The number of hydrogen-bond donors (Lipinski definition) is 1. The Morgan fingerprint density at radius 1 is 1.11 bits per heavy atom. The SMILES string of the molecule is Cc1nn(C)c2sc(C(=O)NC(c3ccccc3)c3ccc(F)cc3)cc12. The van der Waals surface area contributed by atoms with E-state index in [1.807, 2.05) is 50.4 Å². The summed E-state index contributed by atoms with van der Waals surface area (Å²) in [4.78, 5) is 14.6. The molecule has 136 valence electrons. The fourth-order valence-electron chi connectivity index (χ4n) is 3.18. The van der Waals surface area contributed by atoms with Crippen LogP contribution in [0.4, 0.5) is 4.39 Å². The third kappa shape index (κ3) is 3.36. The molecular weight excluding hydrogens is 361 g/mol. The molecule has 2 aromatic carbocycles. The average molecular weight is 379 g/mol. The van der Waals surface area contributed by atoms with Gasteiger partial charge in [-0.25, -0.2) is 4.39 Å². The summed E-state index contributed by atoms with van der Waals surface area (Å²) in [6.07, 6.45) is 0. The standard InChI is InChI=1S/C21H18FN3OS/c1-13-17-12-18(27-21(17)25(2)24-13)20(26)23-19(14-6-4-3-5-7-14)15-8-10-16(22)11-9-15/h3-12,19H,1-2H3,(H,23,26). The van der Waals surface area contributed by atoms with Crippen LogP contribution in [0.2, 0.25) is 0 Å². The largest absolute Gasteiger partial charge is 0.340 e. The van der Waals surface area contributed by atoms with Gasteiger partial charge in [0.2, 0.25) is 0 Å². The molecule has 0 saturated heterocycles. The summed E-state index contributed by atoms with van der Waals surface area (Å²) >= 11 is 1.42. The first-order valence-corrected chi connectivity index (χ1v) is 9.39. The summed E-state index contributed by atoms with van der Waals surface area (Å²) in [6, 6.07) is 17.4. The second kappa shape index (κ2) is 6.96. The van der Waals surface area contributed by atoms with Crippen LogP contribution in [0.25, 0.3) is 10.2 Å².